The van der Waals surface area contributed by atoms with Gasteiger partial charge >= 0.3 is 5.97 Å². The van der Waals surface area contributed by atoms with Crippen molar-refractivity contribution >= 4 is 17.3 Å². The van der Waals surface area contributed by atoms with E-state index in [2.05, 4.69) is 5.32 Å². The Morgan fingerprint density at radius 3 is 2.52 bits per heavy atom. The van der Waals surface area contributed by atoms with Crippen molar-refractivity contribution in [1.82, 2.24) is 0 Å². The standard InChI is InChI=1S/C15H12FN3O2/c16-11-5-6-12(13(14(11)18)15(20)21)19-8-10-3-1-9(7-17)2-4-10/h1-6,19H,8,18H2,(H,20,21). The third kappa shape index (κ3) is 3.09. The number of nitrogens with zero attached hydrogens (tertiary/aromatic N) is 1. The highest BCUT2D eigenvalue weighted by Gasteiger charge is 2.17. The highest BCUT2D eigenvalue weighted by atomic mass is 19.1. The third-order valence-corrected chi connectivity index (χ3v) is 2.97. The molecule has 0 saturated heterocycles. The van der Waals surface area contributed by atoms with Crippen LogP contribution >= 0.6 is 0 Å². The monoisotopic (exact) mass is 285 g/mol. The molecule has 106 valence electrons. The molecule has 21 heavy (non-hydrogen) atoms. The van der Waals surface area contributed by atoms with Crippen molar-refractivity contribution in [2.75, 3.05) is 11.1 Å². The molecule has 6 heteroatoms. The number of rotatable bonds is 4. The smallest absolute Gasteiger partial charge is 0.340 e. The van der Waals surface area contributed by atoms with Crippen molar-refractivity contribution < 1.29 is 14.3 Å². The second-order valence-corrected chi connectivity index (χ2v) is 4.35. The molecule has 0 saturated carbocycles. The quantitative estimate of drug-likeness (QED) is 0.750. The minimum absolute atomic E-state index is 0.241. The summed E-state index contributed by atoms with van der Waals surface area (Å²) in [5.41, 5.74) is 6.41. The number of carboxylic acid groups (broad SMARTS) is 1. The number of benzene rings is 2. The molecule has 0 radical (unpaired) electrons. The molecule has 0 aromatic heterocycles. The van der Waals surface area contributed by atoms with E-state index in [-0.39, 0.29) is 11.3 Å². The van der Waals surface area contributed by atoms with E-state index >= 15 is 0 Å². The van der Waals surface area contributed by atoms with Crippen molar-refractivity contribution in [1.29, 1.82) is 5.26 Å². The Bertz CT molecular complexity index is 721. The fraction of sp³-hybridized carbons (Fsp3) is 0.0667. The highest BCUT2D eigenvalue weighted by molar-refractivity contribution is 6.00. The van der Waals surface area contributed by atoms with Gasteiger partial charge in [-0.3, -0.25) is 0 Å². The number of hydrogen-bond acceptors (Lipinski definition) is 4. The SMILES string of the molecule is N#Cc1ccc(CNc2ccc(F)c(N)c2C(=O)O)cc1. The zero-order valence-corrected chi connectivity index (χ0v) is 10.9. The van der Waals surface area contributed by atoms with Gasteiger partial charge in [-0.1, -0.05) is 12.1 Å². The van der Waals surface area contributed by atoms with Crippen molar-refractivity contribution in [3.05, 3.63) is 58.9 Å². The van der Waals surface area contributed by atoms with Gasteiger partial charge in [0.25, 0.3) is 0 Å². The highest BCUT2D eigenvalue weighted by Crippen LogP contribution is 2.25. The van der Waals surface area contributed by atoms with E-state index in [0.29, 0.717) is 12.1 Å². The molecule has 0 aliphatic heterocycles. The van der Waals surface area contributed by atoms with Crippen LogP contribution in [0.4, 0.5) is 15.8 Å². The number of carbonyl (C=O) groups is 1. The normalized spacial score (nSPS) is 9.90. The van der Waals surface area contributed by atoms with Crippen LogP contribution in [0.1, 0.15) is 21.5 Å². The summed E-state index contributed by atoms with van der Waals surface area (Å²) in [4.78, 5) is 11.2. The number of anilines is 2. The van der Waals surface area contributed by atoms with Crippen molar-refractivity contribution in [2.24, 2.45) is 0 Å². The number of halogens is 1. The molecule has 0 aliphatic carbocycles. The van der Waals surface area contributed by atoms with E-state index in [4.69, 9.17) is 16.1 Å². The lowest BCUT2D eigenvalue weighted by atomic mass is 10.1. The van der Waals surface area contributed by atoms with E-state index in [0.717, 1.165) is 11.6 Å². The van der Waals surface area contributed by atoms with Crippen LogP contribution in [0.2, 0.25) is 0 Å². The second kappa shape index (κ2) is 5.92. The van der Waals surface area contributed by atoms with Gasteiger partial charge in [-0.25, -0.2) is 9.18 Å². The van der Waals surface area contributed by atoms with Crippen LogP contribution in [-0.4, -0.2) is 11.1 Å². The molecule has 0 fully saturated rings. The number of nitrogen functional groups attached to an aromatic ring is 1. The molecule has 2 rings (SSSR count). The average molecular weight is 285 g/mol. The van der Waals surface area contributed by atoms with Crippen molar-refractivity contribution in [3.63, 3.8) is 0 Å². The lowest BCUT2D eigenvalue weighted by molar-refractivity contribution is 0.0698. The predicted molar refractivity (Wildman–Crippen MR) is 76.3 cm³/mol. The lowest BCUT2D eigenvalue weighted by Gasteiger charge is -2.12. The Balaban J connectivity index is 2.22. The molecule has 4 N–H and O–H groups in total. The molecule has 2 aromatic carbocycles. The van der Waals surface area contributed by atoms with Crippen LogP contribution in [0.15, 0.2) is 36.4 Å². The number of nitrogens with one attached hydrogen (secondary N) is 1. The molecule has 5 nitrogen and oxygen atoms in total. The number of carboxylic acids is 1. The van der Waals surface area contributed by atoms with Gasteiger partial charge in [-0.2, -0.15) is 5.26 Å². The van der Waals surface area contributed by atoms with E-state index in [1.807, 2.05) is 6.07 Å². The van der Waals surface area contributed by atoms with E-state index in [9.17, 15) is 9.18 Å². The summed E-state index contributed by atoms with van der Waals surface area (Å²) in [5.74, 6) is -2.06. The van der Waals surface area contributed by atoms with Gasteiger partial charge in [0, 0.05) is 6.54 Å². The molecular weight excluding hydrogens is 273 g/mol. The minimum atomic E-state index is -1.30. The third-order valence-electron chi connectivity index (χ3n) is 2.97. The molecule has 0 spiro atoms. The summed E-state index contributed by atoms with van der Waals surface area (Å²) < 4.78 is 13.3. The molecule has 0 bridgehead atoms. The molecule has 0 amide bonds. The Kier molecular flexibility index (Phi) is 4.05. The fourth-order valence-corrected chi connectivity index (χ4v) is 1.87. The van der Waals surface area contributed by atoms with Crippen LogP contribution < -0.4 is 11.1 Å². The maximum Gasteiger partial charge on any atom is 0.340 e. The maximum absolute atomic E-state index is 13.3. The Morgan fingerprint density at radius 1 is 1.29 bits per heavy atom. The van der Waals surface area contributed by atoms with Gasteiger partial charge in [0.15, 0.2) is 0 Å². The summed E-state index contributed by atoms with van der Waals surface area (Å²) in [6, 6.07) is 11.3. The van der Waals surface area contributed by atoms with Crippen LogP contribution in [-0.2, 0) is 6.54 Å². The van der Waals surface area contributed by atoms with Crippen LogP contribution in [0.5, 0.6) is 0 Å². The first kappa shape index (κ1) is 14.3. The average Bonchev–Trinajstić information content (AvgIpc) is 2.48. The first-order valence-corrected chi connectivity index (χ1v) is 6.07. The summed E-state index contributed by atoms with van der Waals surface area (Å²) >= 11 is 0. The Hall–Kier alpha value is -3.07. The molecule has 0 heterocycles. The number of aromatic carboxylic acids is 1. The number of nitriles is 1. The van der Waals surface area contributed by atoms with Gasteiger partial charge in [-0.15, -0.1) is 0 Å². The predicted octanol–water partition coefficient (Wildman–Crippen LogP) is 2.59. The summed E-state index contributed by atoms with van der Waals surface area (Å²) in [6.07, 6.45) is 0. The lowest BCUT2D eigenvalue weighted by Crippen LogP contribution is -2.10. The number of hydrogen-bond donors (Lipinski definition) is 3. The first-order chi connectivity index (χ1) is 10.0. The zero-order valence-electron chi connectivity index (χ0n) is 10.9. The van der Waals surface area contributed by atoms with Crippen molar-refractivity contribution in [2.45, 2.75) is 6.54 Å². The minimum Gasteiger partial charge on any atom is -0.478 e. The van der Waals surface area contributed by atoms with Gasteiger partial charge < -0.3 is 16.2 Å². The summed E-state index contributed by atoms with van der Waals surface area (Å²) in [7, 11) is 0. The van der Waals surface area contributed by atoms with Crippen LogP contribution in [0, 0.1) is 17.1 Å². The second-order valence-electron chi connectivity index (χ2n) is 4.35. The maximum atomic E-state index is 13.3. The summed E-state index contributed by atoms with van der Waals surface area (Å²) in [6.45, 7) is 0.330. The van der Waals surface area contributed by atoms with Crippen LogP contribution in [0.3, 0.4) is 0 Å². The Labute approximate surface area is 120 Å². The van der Waals surface area contributed by atoms with Crippen molar-refractivity contribution in [3.8, 4) is 6.07 Å². The van der Waals surface area contributed by atoms with E-state index in [1.54, 1.807) is 24.3 Å². The number of nitrogens with two attached hydrogens (primary N) is 1. The zero-order chi connectivity index (χ0) is 15.4. The summed E-state index contributed by atoms with van der Waals surface area (Å²) in [5, 5.41) is 20.7. The largest absolute Gasteiger partial charge is 0.478 e. The van der Waals surface area contributed by atoms with E-state index < -0.39 is 17.5 Å². The molecule has 0 aliphatic rings. The molecule has 2 aromatic rings. The molecular formula is C15H12FN3O2. The van der Waals surface area contributed by atoms with Gasteiger partial charge in [0.05, 0.1) is 23.0 Å². The molecule has 0 unspecified atom stereocenters. The topological polar surface area (TPSA) is 99.1 Å². The van der Waals surface area contributed by atoms with Crippen LogP contribution in [0.25, 0.3) is 0 Å². The van der Waals surface area contributed by atoms with Gasteiger partial charge in [-0.05, 0) is 29.8 Å². The molecule has 0 atom stereocenters. The van der Waals surface area contributed by atoms with Gasteiger partial charge in [0.2, 0.25) is 0 Å². The first-order valence-electron chi connectivity index (χ1n) is 6.07. The fourth-order valence-electron chi connectivity index (χ4n) is 1.87. The Morgan fingerprint density at radius 2 is 1.95 bits per heavy atom. The van der Waals surface area contributed by atoms with E-state index in [1.165, 1.54) is 6.07 Å². The van der Waals surface area contributed by atoms with Gasteiger partial charge in [0.1, 0.15) is 11.4 Å².